The summed E-state index contributed by atoms with van der Waals surface area (Å²) in [5.74, 6) is 1.48. The summed E-state index contributed by atoms with van der Waals surface area (Å²) in [7, 11) is 1.84. The minimum Gasteiger partial charge on any atom is -0.490 e. The van der Waals surface area contributed by atoms with Gasteiger partial charge in [0.15, 0.2) is 0 Å². The second kappa shape index (κ2) is 10.3. The number of aromatic nitrogens is 3. The number of nitrogens with zero attached hydrogens (tertiary/aromatic N) is 4. The van der Waals surface area contributed by atoms with Crippen LogP contribution in [0.1, 0.15) is 61.8 Å². The highest BCUT2D eigenvalue weighted by molar-refractivity contribution is 5.88. The number of ether oxygens (including phenoxy) is 2. The zero-order chi connectivity index (χ0) is 27.1. The quantitative estimate of drug-likeness (QED) is 0.368. The Kier molecular flexibility index (Phi) is 6.88. The van der Waals surface area contributed by atoms with E-state index in [0.29, 0.717) is 19.1 Å². The Morgan fingerprint density at radius 2 is 1.87 bits per heavy atom. The second-order valence-corrected chi connectivity index (χ2v) is 11.6. The molecule has 206 valence electrons. The minimum absolute atomic E-state index is 0.000954. The van der Waals surface area contributed by atoms with Gasteiger partial charge in [0.1, 0.15) is 12.4 Å². The molecule has 2 aliphatic heterocycles. The molecule has 0 atom stereocenters. The molecule has 7 heteroatoms. The Labute approximate surface area is 231 Å². The van der Waals surface area contributed by atoms with Gasteiger partial charge in [0.2, 0.25) is 5.88 Å². The molecule has 3 aliphatic rings. The Bertz CT molecular complexity index is 1440. The molecule has 3 aromatic rings. The van der Waals surface area contributed by atoms with Crippen LogP contribution in [0.5, 0.6) is 11.6 Å². The van der Waals surface area contributed by atoms with E-state index in [1.54, 1.807) is 10.6 Å². The van der Waals surface area contributed by atoms with Gasteiger partial charge < -0.3 is 14.4 Å². The van der Waals surface area contributed by atoms with E-state index in [0.717, 1.165) is 77.2 Å². The van der Waals surface area contributed by atoms with E-state index in [9.17, 15) is 4.79 Å². The van der Waals surface area contributed by atoms with E-state index >= 15 is 0 Å². The van der Waals surface area contributed by atoms with Gasteiger partial charge in [-0.05, 0) is 88.7 Å². The predicted molar refractivity (Wildman–Crippen MR) is 156 cm³/mol. The molecule has 6 rings (SSSR count). The fourth-order valence-corrected chi connectivity index (χ4v) is 6.77. The van der Waals surface area contributed by atoms with Gasteiger partial charge in [0.25, 0.3) is 0 Å². The molecule has 0 radical (unpaired) electrons. The topological polar surface area (TPSA) is 61.5 Å². The normalized spacial score (nSPS) is 18.0. The van der Waals surface area contributed by atoms with E-state index < -0.39 is 0 Å². The van der Waals surface area contributed by atoms with E-state index in [1.807, 2.05) is 23.9 Å². The third-order valence-electron chi connectivity index (χ3n) is 9.00. The van der Waals surface area contributed by atoms with Crippen LogP contribution in [0.25, 0.3) is 28.5 Å². The number of rotatable bonds is 7. The molecule has 0 N–H and O–H groups in total. The molecule has 1 spiro atoms. The van der Waals surface area contributed by atoms with Crippen LogP contribution < -0.4 is 15.2 Å². The zero-order valence-electron chi connectivity index (χ0n) is 23.6. The van der Waals surface area contributed by atoms with Crippen LogP contribution in [0.3, 0.4) is 0 Å². The molecule has 0 unspecified atom stereocenters. The van der Waals surface area contributed by atoms with Gasteiger partial charge in [0, 0.05) is 42.5 Å². The molecule has 4 heterocycles. The average molecular weight is 529 g/mol. The van der Waals surface area contributed by atoms with E-state index in [2.05, 4.69) is 42.4 Å². The highest BCUT2D eigenvalue weighted by Gasteiger charge is 2.46. The van der Waals surface area contributed by atoms with E-state index in [1.165, 1.54) is 32.4 Å². The van der Waals surface area contributed by atoms with Crippen molar-refractivity contribution >= 4 is 6.08 Å². The maximum atomic E-state index is 13.5. The van der Waals surface area contributed by atoms with Gasteiger partial charge >= 0.3 is 5.69 Å². The highest BCUT2D eigenvalue weighted by atomic mass is 16.5. The standard InChI is InChI=1S/C32H40N4O3/c1-5-25-29-28-23(3)19-22(2)27(30(28)39-21-32(13-9-14-32)36(29)31(37)34(25)4)24-11-12-26(33-20-24)38-18-10-17-35-15-7-6-8-16-35/h5,11-12,19-20H,1,6-10,13-18,21H2,2-4H3. The molecule has 1 aliphatic carbocycles. The van der Waals surface area contributed by atoms with Crippen molar-refractivity contribution in [2.45, 2.75) is 64.3 Å². The lowest BCUT2D eigenvalue weighted by molar-refractivity contribution is 0.0706. The lowest BCUT2D eigenvalue weighted by Crippen LogP contribution is -2.50. The molecule has 0 bridgehead atoms. The Morgan fingerprint density at radius 3 is 2.54 bits per heavy atom. The average Bonchev–Trinajstić information content (AvgIpc) is 3.06. The lowest BCUT2D eigenvalue weighted by atomic mass is 9.77. The van der Waals surface area contributed by atoms with Crippen LogP contribution >= 0.6 is 0 Å². The Morgan fingerprint density at radius 1 is 1.10 bits per heavy atom. The van der Waals surface area contributed by atoms with Crippen molar-refractivity contribution in [3.63, 3.8) is 0 Å². The maximum absolute atomic E-state index is 13.5. The van der Waals surface area contributed by atoms with Gasteiger partial charge in [-0.1, -0.05) is 19.1 Å². The summed E-state index contributed by atoms with van der Waals surface area (Å²) < 4.78 is 16.4. The summed E-state index contributed by atoms with van der Waals surface area (Å²) in [5.41, 5.74) is 6.64. The van der Waals surface area contributed by atoms with Gasteiger partial charge in [-0.25, -0.2) is 9.78 Å². The number of hydrogen-bond acceptors (Lipinski definition) is 5. The van der Waals surface area contributed by atoms with Crippen molar-refractivity contribution < 1.29 is 9.47 Å². The first kappa shape index (κ1) is 25.9. The minimum atomic E-state index is -0.313. The number of benzene rings is 1. The number of aryl methyl sites for hydroxylation is 2. The molecule has 1 aromatic carbocycles. The number of pyridine rings is 1. The maximum Gasteiger partial charge on any atom is 0.329 e. The van der Waals surface area contributed by atoms with Crippen molar-refractivity contribution in [2.75, 3.05) is 32.8 Å². The summed E-state index contributed by atoms with van der Waals surface area (Å²) in [6.45, 7) is 12.9. The van der Waals surface area contributed by atoms with Crippen molar-refractivity contribution in [3.8, 4) is 34.0 Å². The molecule has 0 amide bonds. The van der Waals surface area contributed by atoms with Crippen LogP contribution in [-0.4, -0.2) is 51.9 Å². The molecule has 7 nitrogen and oxygen atoms in total. The molecule has 2 aromatic heterocycles. The third kappa shape index (κ3) is 4.41. The summed E-state index contributed by atoms with van der Waals surface area (Å²) in [6, 6.07) is 6.22. The first-order chi connectivity index (χ1) is 18.9. The Balaban J connectivity index is 1.32. The lowest BCUT2D eigenvalue weighted by Gasteiger charge is -2.41. The van der Waals surface area contributed by atoms with Crippen LogP contribution in [0.4, 0.5) is 0 Å². The third-order valence-corrected chi connectivity index (χ3v) is 9.00. The fourth-order valence-electron chi connectivity index (χ4n) is 6.77. The van der Waals surface area contributed by atoms with Gasteiger partial charge in [-0.15, -0.1) is 0 Å². The van der Waals surface area contributed by atoms with Crippen LogP contribution in [0.2, 0.25) is 0 Å². The molecular weight excluding hydrogens is 488 g/mol. The van der Waals surface area contributed by atoms with E-state index in [-0.39, 0.29) is 11.2 Å². The van der Waals surface area contributed by atoms with Crippen LogP contribution in [-0.2, 0) is 12.6 Å². The van der Waals surface area contributed by atoms with Crippen molar-refractivity contribution in [3.05, 3.63) is 58.3 Å². The number of piperidine rings is 1. The zero-order valence-corrected chi connectivity index (χ0v) is 23.6. The number of fused-ring (bicyclic) bond motifs is 4. The smallest absolute Gasteiger partial charge is 0.329 e. The largest absolute Gasteiger partial charge is 0.490 e. The summed E-state index contributed by atoms with van der Waals surface area (Å²) >= 11 is 0. The first-order valence-electron chi connectivity index (χ1n) is 14.5. The van der Waals surface area contributed by atoms with Gasteiger partial charge in [-0.3, -0.25) is 9.13 Å². The van der Waals surface area contributed by atoms with Crippen LogP contribution in [0, 0.1) is 13.8 Å². The second-order valence-electron chi connectivity index (χ2n) is 11.6. The highest BCUT2D eigenvalue weighted by Crippen LogP contribution is 2.51. The fraction of sp³-hybridized carbons (Fsp3) is 0.500. The number of likely N-dealkylation sites (tertiary alicyclic amines) is 1. The summed E-state index contributed by atoms with van der Waals surface area (Å²) in [6.07, 6.45) is 11.7. The van der Waals surface area contributed by atoms with Gasteiger partial charge in [-0.2, -0.15) is 0 Å². The SMILES string of the molecule is C=Cc1c2n(c(=O)n1C)C1(CCC1)COc1c(-c3ccc(OCCCN4CCCCC4)nc3)c(C)cc(C)c1-2. The molecule has 1 saturated heterocycles. The molecule has 2 fully saturated rings. The van der Waals surface area contributed by atoms with Gasteiger partial charge in [0.05, 0.1) is 23.5 Å². The monoisotopic (exact) mass is 528 g/mol. The molecular formula is C32H40N4O3. The number of hydrogen-bond donors (Lipinski definition) is 0. The molecule has 39 heavy (non-hydrogen) atoms. The molecule has 1 saturated carbocycles. The van der Waals surface area contributed by atoms with Crippen molar-refractivity contribution in [1.29, 1.82) is 0 Å². The summed E-state index contributed by atoms with van der Waals surface area (Å²) in [4.78, 5) is 20.7. The van der Waals surface area contributed by atoms with Crippen LogP contribution in [0.15, 0.2) is 35.8 Å². The first-order valence-corrected chi connectivity index (χ1v) is 14.5. The van der Waals surface area contributed by atoms with E-state index in [4.69, 9.17) is 9.47 Å². The predicted octanol–water partition coefficient (Wildman–Crippen LogP) is 5.70. The van der Waals surface area contributed by atoms with Crippen molar-refractivity contribution in [2.24, 2.45) is 7.05 Å². The summed E-state index contributed by atoms with van der Waals surface area (Å²) in [5, 5.41) is 0. The number of imidazole rings is 1. The Hall–Kier alpha value is -3.32. The van der Waals surface area contributed by atoms with Crippen molar-refractivity contribution in [1.82, 2.24) is 19.0 Å².